The Labute approximate surface area is 128 Å². The van der Waals surface area contributed by atoms with E-state index in [1.165, 1.54) is 0 Å². The highest BCUT2D eigenvalue weighted by Crippen LogP contribution is 2.37. The summed E-state index contributed by atoms with van der Waals surface area (Å²) in [6, 6.07) is 7.52. The number of fused-ring (bicyclic) bond motifs is 1. The maximum Gasteiger partial charge on any atom is 0.284 e. The molecule has 0 aliphatic carbocycles. The van der Waals surface area contributed by atoms with Gasteiger partial charge in [-0.2, -0.15) is 0 Å². The van der Waals surface area contributed by atoms with Gasteiger partial charge in [-0.1, -0.05) is 24.3 Å². The molecule has 1 aromatic rings. The lowest BCUT2D eigenvalue weighted by Crippen LogP contribution is -2.50. The van der Waals surface area contributed by atoms with Crippen molar-refractivity contribution in [2.75, 3.05) is 6.61 Å². The summed E-state index contributed by atoms with van der Waals surface area (Å²) in [5.41, 5.74) is 7.07. The number of amidine groups is 1. The average Bonchev–Trinajstić information content (AvgIpc) is 2.55. The van der Waals surface area contributed by atoms with E-state index in [9.17, 15) is 4.79 Å². The van der Waals surface area contributed by atoms with Crippen LogP contribution in [0, 0.1) is 0 Å². The number of benzene rings is 1. The van der Waals surface area contributed by atoms with Crippen LogP contribution in [0.3, 0.4) is 0 Å². The maximum atomic E-state index is 11.9. The number of allylic oxidation sites excluding steroid dienone is 2. The molecule has 3 rings (SSSR count). The normalized spacial score (nSPS) is 22.8. The van der Waals surface area contributed by atoms with Gasteiger partial charge in [-0.05, 0) is 25.1 Å². The van der Waals surface area contributed by atoms with Crippen molar-refractivity contribution in [3.8, 4) is 0 Å². The summed E-state index contributed by atoms with van der Waals surface area (Å²) in [6.45, 7) is 2.38. The number of hydrogen-bond acceptors (Lipinski definition) is 5. The van der Waals surface area contributed by atoms with Crippen molar-refractivity contribution in [1.29, 1.82) is 0 Å². The van der Waals surface area contributed by atoms with Gasteiger partial charge in [0.25, 0.3) is 5.91 Å². The first-order chi connectivity index (χ1) is 10.7. The lowest BCUT2D eigenvalue weighted by Gasteiger charge is -2.40. The van der Waals surface area contributed by atoms with Gasteiger partial charge < -0.3 is 15.2 Å². The van der Waals surface area contributed by atoms with Crippen LogP contribution >= 0.6 is 0 Å². The van der Waals surface area contributed by atoms with E-state index < -0.39 is 18.4 Å². The van der Waals surface area contributed by atoms with Crippen LogP contribution in [0.15, 0.2) is 53.7 Å². The van der Waals surface area contributed by atoms with Crippen LogP contribution in [0.4, 0.5) is 5.69 Å². The topological polar surface area (TPSA) is 77.2 Å². The summed E-state index contributed by atoms with van der Waals surface area (Å²) < 4.78 is 11.4. The minimum Gasteiger partial charge on any atom is -0.474 e. The summed E-state index contributed by atoms with van der Waals surface area (Å²) in [5, 5.41) is 0. The van der Waals surface area contributed by atoms with Crippen molar-refractivity contribution >= 4 is 17.4 Å². The van der Waals surface area contributed by atoms with Crippen molar-refractivity contribution in [3.63, 3.8) is 0 Å². The van der Waals surface area contributed by atoms with Crippen molar-refractivity contribution in [2.24, 2.45) is 10.7 Å². The first kappa shape index (κ1) is 14.3. The number of carbonyl (C=O) groups excluding carboxylic acids is 1. The number of carbonyl (C=O) groups is 1. The van der Waals surface area contributed by atoms with Crippen molar-refractivity contribution in [2.45, 2.75) is 19.4 Å². The highest BCUT2D eigenvalue weighted by molar-refractivity contribution is 6.38. The quantitative estimate of drug-likeness (QED) is 0.922. The highest BCUT2D eigenvalue weighted by Gasteiger charge is 2.37. The second-order valence-electron chi connectivity index (χ2n) is 4.81. The fourth-order valence-corrected chi connectivity index (χ4v) is 2.53. The van der Waals surface area contributed by atoms with Gasteiger partial charge in [0.15, 0.2) is 12.5 Å². The average molecular weight is 299 g/mol. The molecule has 114 valence electrons. The number of hydrogen-bond donors (Lipinski definition) is 1. The molecule has 2 heterocycles. The number of nitrogens with zero attached hydrogens (tertiary/aromatic N) is 2. The number of primary amides is 1. The number of ether oxygens (including phenoxy) is 2. The lowest BCUT2D eigenvalue weighted by atomic mass is 10.1. The first-order valence-electron chi connectivity index (χ1n) is 7.08. The molecule has 1 aromatic carbocycles. The number of aliphatic imine (C=N–C) groups is 1. The van der Waals surface area contributed by atoms with E-state index in [0.29, 0.717) is 12.3 Å². The predicted molar refractivity (Wildman–Crippen MR) is 82.1 cm³/mol. The Bertz CT molecular complexity index is 666. The predicted octanol–water partition coefficient (Wildman–Crippen LogP) is 1.98. The van der Waals surface area contributed by atoms with E-state index in [-0.39, 0.29) is 5.84 Å². The Hall–Kier alpha value is -2.60. The minimum atomic E-state index is -0.620. The van der Waals surface area contributed by atoms with Gasteiger partial charge in [-0.15, -0.1) is 0 Å². The van der Waals surface area contributed by atoms with Crippen LogP contribution in [0.1, 0.15) is 18.7 Å². The van der Waals surface area contributed by atoms with E-state index in [4.69, 9.17) is 15.2 Å². The molecule has 2 N–H and O–H groups in total. The van der Waals surface area contributed by atoms with Gasteiger partial charge in [0.2, 0.25) is 5.84 Å². The molecule has 2 aliphatic heterocycles. The fraction of sp³-hybridized carbons (Fsp3) is 0.250. The zero-order chi connectivity index (χ0) is 15.5. The van der Waals surface area contributed by atoms with Crippen LogP contribution in [0.2, 0.25) is 0 Å². The van der Waals surface area contributed by atoms with Crippen LogP contribution in [0.5, 0.6) is 0 Å². The molecule has 2 atom stereocenters. The molecular formula is C16H17N3O3. The second kappa shape index (κ2) is 6.03. The van der Waals surface area contributed by atoms with Crippen molar-refractivity contribution in [3.05, 3.63) is 54.3 Å². The molecule has 0 fully saturated rings. The van der Waals surface area contributed by atoms with Crippen LogP contribution in [0.25, 0.3) is 0 Å². The Balaban J connectivity index is 2.09. The maximum absolute atomic E-state index is 11.9. The van der Waals surface area contributed by atoms with E-state index in [1.54, 1.807) is 17.2 Å². The standard InChI is InChI=1S/C16H17N3O3/c1-2-21-16-11-7-3-4-8-12(11)18-15(14(17)20)19(16)13-9-5-6-10-22-13/h3-10,13,16H,2H2,1H3,(H2,17,20). The molecular weight excluding hydrogens is 282 g/mol. The van der Waals surface area contributed by atoms with Gasteiger partial charge in [-0.3, -0.25) is 9.69 Å². The van der Waals surface area contributed by atoms with Crippen LogP contribution in [-0.4, -0.2) is 29.5 Å². The zero-order valence-electron chi connectivity index (χ0n) is 12.2. The fourth-order valence-electron chi connectivity index (χ4n) is 2.53. The minimum absolute atomic E-state index is 0.127. The number of amides is 1. The number of nitrogens with two attached hydrogens (primary N) is 1. The monoisotopic (exact) mass is 299 g/mol. The molecule has 6 nitrogen and oxygen atoms in total. The number of para-hydroxylation sites is 1. The molecule has 0 saturated carbocycles. The van der Waals surface area contributed by atoms with Gasteiger partial charge in [0.1, 0.15) is 0 Å². The summed E-state index contributed by atoms with van der Waals surface area (Å²) in [4.78, 5) is 17.9. The molecule has 0 spiro atoms. The Morgan fingerprint density at radius 3 is 2.91 bits per heavy atom. The molecule has 1 amide bonds. The Morgan fingerprint density at radius 1 is 1.41 bits per heavy atom. The molecule has 22 heavy (non-hydrogen) atoms. The van der Waals surface area contributed by atoms with E-state index in [2.05, 4.69) is 4.99 Å². The summed E-state index contributed by atoms with van der Waals surface area (Å²) in [7, 11) is 0. The molecule has 0 aromatic heterocycles. The largest absolute Gasteiger partial charge is 0.474 e. The third-order valence-electron chi connectivity index (χ3n) is 3.43. The van der Waals surface area contributed by atoms with Gasteiger partial charge >= 0.3 is 0 Å². The molecule has 6 heteroatoms. The Morgan fingerprint density at radius 2 is 2.23 bits per heavy atom. The number of rotatable bonds is 4. The second-order valence-corrected chi connectivity index (χ2v) is 4.81. The van der Waals surface area contributed by atoms with E-state index in [0.717, 1.165) is 5.56 Å². The zero-order valence-corrected chi connectivity index (χ0v) is 12.2. The smallest absolute Gasteiger partial charge is 0.284 e. The lowest BCUT2D eigenvalue weighted by molar-refractivity contribution is -0.117. The molecule has 0 bridgehead atoms. The highest BCUT2D eigenvalue weighted by atomic mass is 16.5. The molecule has 0 radical (unpaired) electrons. The molecule has 2 aliphatic rings. The van der Waals surface area contributed by atoms with E-state index in [1.807, 2.05) is 43.3 Å². The van der Waals surface area contributed by atoms with Crippen LogP contribution in [-0.2, 0) is 14.3 Å². The van der Waals surface area contributed by atoms with Crippen LogP contribution < -0.4 is 5.73 Å². The third-order valence-corrected chi connectivity index (χ3v) is 3.43. The van der Waals surface area contributed by atoms with Gasteiger partial charge in [0.05, 0.1) is 11.9 Å². The molecule has 0 saturated heterocycles. The SMILES string of the molecule is CCOC1c2ccccc2N=C(C(N)=O)N1C1C=CC=CO1. The van der Waals surface area contributed by atoms with Gasteiger partial charge in [0, 0.05) is 12.2 Å². The van der Waals surface area contributed by atoms with E-state index >= 15 is 0 Å². The Kier molecular flexibility index (Phi) is 3.93. The first-order valence-corrected chi connectivity index (χ1v) is 7.08. The summed E-state index contributed by atoms with van der Waals surface area (Å²) in [5.74, 6) is -0.493. The third kappa shape index (κ3) is 2.48. The summed E-state index contributed by atoms with van der Waals surface area (Å²) in [6.07, 6.45) is 6.01. The molecule has 2 unspecified atom stereocenters. The van der Waals surface area contributed by atoms with Gasteiger partial charge in [-0.25, -0.2) is 4.99 Å². The van der Waals surface area contributed by atoms with Crippen molar-refractivity contribution < 1.29 is 14.3 Å². The summed E-state index contributed by atoms with van der Waals surface area (Å²) >= 11 is 0. The van der Waals surface area contributed by atoms with Crippen molar-refractivity contribution in [1.82, 2.24) is 4.90 Å².